The normalized spacial score (nSPS) is 20.2. The maximum atomic E-state index is 12.4. The second-order valence-electron chi connectivity index (χ2n) is 4.32. The van der Waals surface area contributed by atoms with Gasteiger partial charge in [0.15, 0.2) is 0 Å². The summed E-state index contributed by atoms with van der Waals surface area (Å²) in [5.41, 5.74) is -4.18. The second kappa shape index (κ2) is 4.97. The Morgan fingerprint density at radius 2 is 1.88 bits per heavy atom. The van der Waals surface area contributed by atoms with Crippen LogP contribution in [0, 0.1) is 5.92 Å². The Labute approximate surface area is 99.3 Å². The number of rotatable bonds is 2. The van der Waals surface area contributed by atoms with E-state index < -0.39 is 15.5 Å². The molecule has 0 spiro atoms. The van der Waals surface area contributed by atoms with Crippen molar-refractivity contribution >= 4 is 10.0 Å². The first-order valence-corrected chi connectivity index (χ1v) is 6.85. The number of nitrogens with zero attached hydrogens (tertiary/aromatic N) is 1. The molecule has 1 heterocycles. The van der Waals surface area contributed by atoms with Crippen molar-refractivity contribution in [3.63, 3.8) is 0 Å². The highest BCUT2D eigenvalue weighted by atomic mass is 32.2. The molecule has 1 rings (SSSR count). The third kappa shape index (κ3) is 3.22. The first-order chi connectivity index (χ1) is 7.66. The molecule has 0 fully saturated rings. The fourth-order valence-corrected chi connectivity index (χ4v) is 2.74. The van der Waals surface area contributed by atoms with Crippen LogP contribution in [0.5, 0.6) is 0 Å². The summed E-state index contributed by atoms with van der Waals surface area (Å²) in [7, 11) is -5.17. The largest absolute Gasteiger partial charge is 0.511 e. The van der Waals surface area contributed by atoms with Crippen LogP contribution in [0.25, 0.3) is 0 Å². The van der Waals surface area contributed by atoms with Crippen LogP contribution >= 0.6 is 0 Å². The van der Waals surface area contributed by atoms with Gasteiger partial charge in [-0.1, -0.05) is 25.5 Å². The van der Waals surface area contributed by atoms with E-state index >= 15 is 0 Å². The molecule has 0 aliphatic carbocycles. The van der Waals surface area contributed by atoms with Gasteiger partial charge in [-0.25, -0.2) is 8.42 Å². The molecule has 7 heteroatoms. The summed E-state index contributed by atoms with van der Waals surface area (Å²) in [5, 5.41) is 0. The molecule has 3 nitrogen and oxygen atoms in total. The van der Waals surface area contributed by atoms with E-state index in [9.17, 15) is 21.6 Å². The van der Waals surface area contributed by atoms with Crippen LogP contribution < -0.4 is 0 Å². The Balaban J connectivity index is 2.81. The van der Waals surface area contributed by atoms with Crippen LogP contribution in [0.1, 0.15) is 26.7 Å². The molecule has 0 aromatic rings. The number of hydrogen-bond acceptors (Lipinski definition) is 2. The quantitative estimate of drug-likeness (QED) is 0.724. The van der Waals surface area contributed by atoms with Gasteiger partial charge in [0, 0.05) is 13.1 Å². The fourth-order valence-electron chi connectivity index (χ4n) is 1.77. The number of sulfonamides is 1. The molecule has 0 N–H and O–H groups in total. The van der Waals surface area contributed by atoms with Crippen molar-refractivity contribution in [3.05, 3.63) is 11.6 Å². The molecule has 0 saturated heterocycles. The number of alkyl halides is 3. The molecule has 0 aromatic carbocycles. The van der Waals surface area contributed by atoms with Crippen molar-refractivity contribution in [1.29, 1.82) is 0 Å². The van der Waals surface area contributed by atoms with Gasteiger partial charge in [-0.2, -0.15) is 17.5 Å². The van der Waals surface area contributed by atoms with Gasteiger partial charge in [-0.3, -0.25) is 0 Å². The van der Waals surface area contributed by atoms with E-state index in [0.29, 0.717) is 17.1 Å². The van der Waals surface area contributed by atoms with Gasteiger partial charge in [-0.15, -0.1) is 0 Å². The minimum absolute atomic E-state index is 0.0914. The average Bonchev–Trinajstić information content (AvgIpc) is 2.40. The molecule has 0 aromatic heterocycles. The van der Waals surface area contributed by atoms with E-state index in [0.717, 1.165) is 5.57 Å². The zero-order valence-electron chi connectivity index (χ0n) is 9.79. The van der Waals surface area contributed by atoms with E-state index in [1.165, 1.54) is 0 Å². The van der Waals surface area contributed by atoms with Crippen molar-refractivity contribution < 1.29 is 21.6 Å². The summed E-state index contributed by atoms with van der Waals surface area (Å²) in [5.74, 6) is 0.239. The molecule has 0 saturated carbocycles. The first kappa shape index (κ1) is 14.5. The van der Waals surface area contributed by atoms with E-state index in [4.69, 9.17) is 0 Å². The van der Waals surface area contributed by atoms with Crippen molar-refractivity contribution in [1.82, 2.24) is 4.31 Å². The molecule has 1 aliphatic rings. The van der Waals surface area contributed by atoms with Crippen molar-refractivity contribution in [2.24, 2.45) is 5.92 Å². The lowest BCUT2D eigenvalue weighted by Crippen LogP contribution is -2.41. The van der Waals surface area contributed by atoms with Crippen LogP contribution in [-0.4, -0.2) is 31.3 Å². The summed E-state index contributed by atoms with van der Waals surface area (Å²) in [6.07, 6.45) is 2.55. The SMILES string of the molecule is CC(C)C1=CCCN(S(=O)(=O)C(F)(F)F)CC1. The summed E-state index contributed by atoms with van der Waals surface area (Å²) in [6, 6.07) is 0. The maximum absolute atomic E-state index is 12.4. The highest BCUT2D eigenvalue weighted by molar-refractivity contribution is 7.90. The van der Waals surface area contributed by atoms with Gasteiger partial charge in [0.05, 0.1) is 0 Å². The maximum Gasteiger partial charge on any atom is 0.511 e. The fraction of sp³-hybridized carbons (Fsp3) is 0.800. The Morgan fingerprint density at radius 1 is 1.29 bits per heavy atom. The van der Waals surface area contributed by atoms with Crippen molar-refractivity contribution in [2.45, 2.75) is 32.2 Å². The van der Waals surface area contributed by atoms with Crippen LogP contribution in [-0.2, 0) is 10.0 Å². The van der Waals surface area contributed by atoms with E-state index in [2.05, 4.69) is 0 Å². The molecule has 0 unspecified atom stereocenters. The van der Waals surface area contributed by atoms with Crippen LogP contribution in [0.2, 0.25) is 0 Å². The lowest BCUT2D eigenvalue weighted by atomic mass is 10.00. The molecular weight excluding hydrogens is 255 g/mol. The summed E-state index contributed by atoms with van der Waals surface area (Å²) < 4.78 is 60.0. The summed E-state index contributed by atoms with van der Waals surface area (Å²) in [4.78, 5) is 0. The lowest BCUT2D eigenvalue weighted by Gasteiger charge is -2.21. The topological polar surface area (TPSA) is 37.4 Å². The minimum atomic E-state index is -5.20. The van der Waals surface area contributed by atoms with Gasteiger partial charge >= 0.3 is 15.5 Å². The predicted molar refractivity (Wildman–Crippen MR) is 58.7 cm³/mol. The van der Waals surface area contributed by atoms with Gasteiger partial charge in [-0.05, 0) is 18.8 Å². The highest BCUT2D eigenvalue weighted by Crippen LogP contribution is 2.29. The van der Waals surface area contributed by atoms with Crippen LogP contribution in [0.4, 0.5) is 13.2 Å². The molecule has 0 bridgehead atoms. The Bertz CT molecular complexity index is 398. The Kier molecular flexibility index (Phi) is 4.24. The van der Waals surface area contributed by atoms with Gasteiger partial charge in [0.1, 0.15) is 0 Å². The first-order valence-electron chi connectivity index (χ1n) is 5.41. The van der Waals surface area contributed by atoms with Gasteiger partial charge in [0.2, 0.25) is 0 Å². The molecule has 0 atom stereocenters. The third-order valence-corrected chi connectivity index (χ3v) is 4.44. The number of halogens is 3. The van der Waals surface area contributed by atoms with E-state index in [1.807, 2.05) is 19.9 Å². The summed E-state index contributed by atoms with van der Waals surface area (Å²) in [6.45, 7) is 3.70. The van der Waals surface area contributed by atoms with Crippen LogP contribution in [0.3, 0.4) is 0 Å². The molecule has 0 amide bonds. The molecule has 0 radical (unpaired) electrons. The highest BCUT2D eigenvalue weighted by Gasteiger charge is 2.49. The van der Waals surface area contributed by atoms with Crippen molar-refractivity contribution in [2.75, 3.05) is 13.1 Å². The molecular formula is C10H16F3NO2S. The lowest BCUT2D eigenvalue weighted by molar-refractivity contribution is -0.0488. The predicted octanol–water partition coefficient (Wildman–Crippen LogP) is 2.51. The smallest absolute Gasteiger partial charge is 0.203 e. The van der Waals surface area contributed by atoms with Gasteiger partial charge in [0.25, 0.3) is 0 Å². The Morgan fingerprint density at radius 3 is 2.35 bits per heavy atom. The molecule has 17 heavy (non-hydrogen) atoms. The van der Waals surface area contributed by atoms with Gasteiger partial charge < -0.3 is 0 Å². The Hall–Kier alpha value is -0.560. The standard InChI is InChI=1S/C10H16F3NO2S/c1-8(2)9-4-3-6-14(7-5-9)17(15,16)10(11,12)13/h4,8H,3,5-7H2,1-2H3. The minimum Gasteiger partial charge on any atom is -0.203 e. The third-order valence-electron chi connectivity index (χ3n) is 2.81. The van der Waals surface area contributed by atoms with E-state index in [-0.39, 0.29) is 19.0 Å². The zero-order valence-corrected chi connectivity index (χ0v) is 10.6. The zero-order chi connectivity index (χ0) is 13.3. The monoisotopic (exact) mass is 271 g/mol. The van der Waals surface area contributed by atoms with Crippen LogP contribution in [0.15, 0.2) is 11.6 Å². The molecule has 100 valence electrons. The summed E-state index contributed by atoms with van der Waals surface area (Å²) >= 11 is 0. The average molecular weight is 271 g/mol. The van der Waals surface area contributed by atoms with E-state index in [1.54, 1.807) is 0 Å². The molecule has 1 aliphatic heterocycles. The number of hydrogen-bond donors (Lipinski definition) is 0. The van der Waals surface area contributed by atoms with Crippen molar-refractivity contribution in [3.8, 4) is 0 Å². The second-order valence-corrected chi connectivity index (χ2v) is 6.25.